The molecule has 0 aromatic rings. The Morgan fingerprint density at radius 1 is 1.32 bits per heavy atom. The molecule has 0 radical (unpaired) electrons. The normalized spacial score (nSPS) is 32.1. The highest BCUT2D eigenvalue weighted by Gasteiger charge is 2.76. The number of hydrogen-bond acceptors (Lipinski definition) is 6. The molecular formula is C25H39BrN2O5S. The summed E-state index contributed by atoms with van der Waals surface area (Å²) in [4.78, 5) is 44.8. The van der Waals surface area contributed by atoms with Gasteiger partial charge in [-0.2, -0.15) is 0 Å². The predicted molar refractivity (Wildman–Crippen MR) is 138 cm³/mol. The van der Waals surface area contributed by atoms with Gasteiger partial charge in [0, 0.05) is 35.3 Å². The second-order valence-corrected chi connectivity index (χ2v) is 13.2. The van der Waals surface area contributed by atoms with Crippen LogP contribution in [0.4, 0.5) is 0 Å². The molecule has 3 rings (SSSR count). The first-order valence-electron chi connectivity index (χ1n) is 12.4. The number of amides is 2. The van der Waals surface area contributed by atoms with Gasteiger partial charge in [0.2, 0.25) is 11.8 Å². The number of aliphatic hydroxyl groups is 1. The summed E-state index contributed by atoms with van der Waals surface area (Å²) >= 11 is 5.41. The Morgan fingerprint density at radius 2 is 2.00 bits per heavy atom. The fourth-order valence-corrected chi connectivity index (χ4v) is 9.47. The van der Waals surface area contributed by atoms with Crippen LogP contribution < -0.4 is 0 Å². The maximum absolute atomic E-state index is 14.2. The van der Waals surface area contributed by atoms with Gasteiger partial charge in [0.15, 0.2) is 0 Å². The molecule has 3 heterocycles. The van der Waals surface area contributed by atoms with E-state index in [1.165, 1.54) is 0 Å². The van der Waals surface area contributed by atoms with E-state index in [4.69, 9.17) is 9.84 Å². The minimum Gasteiger partial charge on any atom is -0.466 e. The second-order valence-electron chi connectivity index (χ2n) is 10.5. The van der Waals surface area contributed by atoms with Crippen molar-refractivity contribution in [2.45, 2.75) is 86.2 Å². The molecule has 3 saturated heterocycles. The summed E-state index contributed by atoms with van der Waals surface area (Å²) < 4.78 is 4.75. The van der Waals surface area contributed by atoms with E-state index in [1.54, 1.807) is 29.7 Å². The molecule has 3 fully saturated rings. The molecule has 6 atom stereocenters. The van der Waals surface area contributed by atoms with E-state index in [0.29, 0.717) is 19.5 Å². The zero-order valence-electron chi connectivity index (χ0n) is 20.8. The molecule has 0 aromatic carbocycles. The number of aliphatic hydroxyl groups excluding tert-OH is 1. The topological polar surface area (TPSA) is 87.2 Å². The number of hydrogen-bond donors (Lipinski definition) is 1. The molecule has 0 aliphatic carbocycles. The van der Waals surface area contributed by atoms with Gasteiger partial charge < -0.3 is 19.6 Å². The van der Waals surface area contributed by atoms with E-state index >= 15 is 0 Å². The van der Waals surface area contributed by atoms with Crippen molar-refractivity contribution in [1.29, 1.82) is 0 Å². The molecule has 9 heteroatoms. The van der Waals surface area contributed by atoms with Gasteiger partial charge in [-0.1, -0.05) is 34.8 Å². The largest absolute Gasteiger partial charge is 0.466 e. The number of carbonyl (C=O) groups excluding carboxylic acids is 3. The fraction of sp³-hybridized carbons (Fsp3) is 0.800. The van der Waals surface area contributed by atoms with Gasteiger partial charge in [0.1, 0.15) is 6.04 Å². The Labute approximate surface area is 216 Å². The lowest BCUT2D eigenvalue weighted by Gasteiger charge is -2.42. The van der Waals surface area contributed by atoms with Crippen LogP contribution in [0.15, 0.2) is 12.7 Å². The summed E-state index contributed by atoms with van der Waals surface area (Å²) in [5.74, 6) is -1.60. The number of fused-ring (bicyclic) bond motifs is 1. The van der Waals surface area contributed by atoms with Crippen molar-refractivity contribution in [1.82, 2.24) is 9.80 Å². The van der Waals surface area contributed by atoms with Gasteiger partial charge in [-0.25, -0.2) is 0 Å². The molecule has 0 aromatic heterocycles. The van der Waals surface area contributed by atoms with Crippen molar-refractivity contribution < 1.29 is 24.2 Å². The average Bonchev–Trinajstić information content (AvgIpc) is 3.34. The third-order valence-corrected chi connectivity index (χ3v) is 10.5. The number of rotatable bonds is 11. The van der Waals surface area contributed by atoms with E-state index in [2.05, 4.69) is 22.5 Å². The first kappa shape index (κ1) is 27.5. The number of thioether (sulfide) groups is 1. The molecule has 2 bridgehead atoms. The van der Waals surface area contributed by atoms with Crippen LogP contribution in [0, 0.1) is 11.8 Å². The molecule has 192 valence electrons. The van der Waals surface area contributed by atoms with Crippen LogP contribution in [-0.4, -0.2) is 85.4 Å². The van der Waals surface area contributed by atoms with Gasteiger partial charge >= 0.3 is 5.97 Å². The van der Waals surface area contributed by atoms with E-state index in [9.17, 15) is 14.4 Å². The molecule has 2 amide bonds. The third-order valence-electron chi connectivity index (χ3n) is 7.28. The molecule has 3 unspecified atom stereocenters. The Balaban J connectivity index is 2.00. The molecule has 3 aliphatic rings. The molecule has 3 aliphatic heterocycles. The highest BCUT2D eigenvalue weighted by atomic mass is 79.9. The number of likely N-dealkylation sites (tertiary alicyclic amines) is 1. The Kier molecular flexibility index (Phi) is 8.83. The number of halogens is 1. The maximum Gasteiger partial charge on any atom is 0.310 e. The van der Waals surface area contributed by atoms with Gasteiger partial charge in [-0.3, -0.25) is 14.4 Å². The first-order valence-corrected chi connectivity index (χ1v) is 14.2. The van der Waals surface area contributed by atoms with Gasteiger partial charge in [0.05, 0.1) is 23.2 Å². The lowest BCUT2D eigenvalue weighted by atomic mass is 9.71. The number of ether oxygens (including phenoxy) is 1. The van der Waals surface area contributed by atoms with Crippen LogP contribution in [0.5, 0.6) is 0 Å². The zero-order valence-corrected chi connectivity index (χ0v) is 23.2. The van der Waals surface area contributed by atoms with Crippen molar-refractivity contribution >= 4 is 45.5 Å². The summed E-state index contributed by atoms with van der Waals surface area (Å²) in [7, 11) is 0. The van der Waals surface area contributed by atoms with E-state index < -0.39 is 28.2 Å². The molecule has 1 spiro atoms. The van der Waals surface area contributed by atoms with Crippen LogP contribution in [0.3, 0.4) is 0 Å². The second kappa shape index (κ2) is 10.9. The first-order chi connectivity index (χ1) is 16.0. The van der Waals surface area contributed by atoms with Crippen LogP contribution in [0.1, 0.15) is 59.8 Å². The minimum absolute atomic E-state index is 0.0400. The van der Waals surface area contributed by atoms with Gasteiger partial charge in [-0.15, -0.1) is 18.3 Å². The monoisotopic (exact) mass is 558 g/mol. The Morgan fingerprint density at radius 3 is 2.59 bits per heavy atom. The predicted octanol–water partition coefficient (Wildman–Crippen LogP) is 3.38. The van der Waals surface area contributed by atoms with Gasteiger partial charge in [-0.05, 0) is 47.0 Å². The smallest absolute Gasteiger partial charge is 0.310 e. The highest BCUT2D eigenvalue weighted by Crippen LogP contribution is 2.68. The SMILES string of the molecule is C=CCN(C(=O)C1N(CCCCCCO)C(=O)[C@@H]2[C@H](C(=O)OCC)[C@H]3SC12CC3Br)C(C)(C)C. The average molecular weight is 560 g/mol. The third kappa shape index (κ3) is 4.81. The van der Waals surface area contributed by atoms with Crippen LogP contribution >= 0.6 is 27.7 Å². The van der Waals surface area contributed by atoms with Crippen molar-refractivity contribution in [2.24, 2.45) is 11.8 Å². The molecule has 34 heavy (non-hydrogen) atoms. The van der Waals surface area contributed by atoms with Crippen LogP contribution in [0.25, 0.3) is 0 Å². The Bertz CT molecular complexity index is 803. The summed E-state index contributed by atoms with van der Waals surface area (Å²) in [5, 5.41) is 8.99. The lowest BCUT2D eigenvalue weighted by molar-refractivity contribution is -0.153. The fourth-order valence-electron chi connectivity index (χ4n) is 5.88. The summed E-state index contributed by atoms with van der Waals surface area (Å²) in [6.45, 7) is 12.9. The molecule has 0 saturated carbocycles. The van der Waals surface area contributed by atoms with Crippen molar-refractivity contribution in [3.8, 4) is 0 Å². The zero-order chi connectivity index (χ0) is 25.3. The molecule has 7 nitrogen and oxygen atoms in total. The standard InChI is InChI=1S/C25H39BrN2O5S/c1-6-12-28(24(3,4)5)22(31)20-25-15-16(26)19(34-25)17(23(32)33-7-2)18(25)21(30)27(20)13-10-8-9-11-14-29/h6,16-20,29H,1,7-15H2,2-5H3/t16?,17-,18-,19-,20?,25?/m0/s1. The Hall–Kier alpha value is -1.06. The van der Waals surface area contributed by atoms with Gasteiger partial charge in [0.25, 0.3) is 0 Å². The lowest BCUT2D eigenvalue weighted by Crippen LogP contribution is -2.59. The number of nitrogens with zero attached hydrogens (tertiary/aromatic N) is 2. The number of unbranched alkanes of at least 4 members (excludes halogenated alkanes) is 3. The quantitative estimate of drug-likeness (QED) is 0.181. The number of alkyl halides is 1. The number of carbonyl (C=O) groups is 3. The summed E-state index contributed by atoms with van der Waals surface area (Å²) in [6.07, 6.45) is 5.62. The van der Waals surface area contributed by atoms with Crippen molar-refractivity contribution in [3.05, 3.63) is 12.7 Å². The van der Waals surface area contributed by atoms with E-state index in [1.807, 2.05) is 25.7 Å². The van der Waals surface area contributed by atoms with Crippen LogP contribution in [0.2, 0.25) is 0 Å². The number of esters is 1. The maximum atomic E-state index is 14.2. The summed E-state index contributed by atoms with van der Waals surface area (Å²) in [5.41, 5.74) is -0.439. The summed E-state index contributed by atoms with van der Waals surface area (Å²) in [6, 6.07) is -0.628. The van der Waals surface area contributed by atoms with Crippen LogP contribution in [-0.2, 0) is 19.1 Å². The van der Waals surface area contributed by atoms with Crippen molar-refractivity contribution in [2.75, 3.05) is 26.3 Å². The minimum atomic E-state index is -0.653. The molecular weight excluding hydrogens is 520 g/mol. The highest BCUT2D eigenvalue weighted by molar-refractivity contribution is 9.09. The van der Waals surface area contributed by atoms with E-state index in [0.717, 1.165) is 25.7 Å². The molecule has 1 N–H and O–H groups in total. The van der Waals surface area contributed by atoms with Crippen molar-refractivity contribution in [3.63, 3.8) is 0 Å². The van der Waals surface area contributed by atoms with E-state index in [-0.39, 0.29) is 41.1 Å².